The number of carbonyl (C=O) groups is 1. The van der Waals surface area contributed by atoms with Crippen LogP contribution in [0.4, 0.5) is 0 Å². The molecule has 1 aromatic rings. The normalized spacial score (nSPS) is 22.5. The fourth-order valence-corrected chi connectivity index (χ4v) is 3.01. The summed E-state index contributed by atoms with van der Waals surface area (Å²) in [4.78, 5) is 11.9. The number of nitrogens with two attached hydrogens (primary N) is 1. The van der Waals surface area contributed by atoms with E-state index in [4.69, 9.17) is 5.73 Å². The Labute approximate surface area is 121 Å². The van der Waals surface area contributed by atoms with Gasteiger partial charge < -0.3 is 11.1 Å². The van der Waals surface area contributed by atoms with Crippen molar-refractivity contribution in [3.8, 4) is 0 Å². The van der Waals surface area contributed by atoms with Crippen molar-refractivity contribution in [2.75, 3.05) is 6.54 Å². The summed E-state index contributed by atoms with van der Waals surface area (Å²) >= 11 is 0. The second-order valence-corrected chi connectivity index (χ2v) is 6.00. The van der Waals surface area contributed by atoms with Crippen molar-refractivity contribution in [1.29, 1.82) is 0 Å². The summed E-state index contributed by atoms with van der Waals surface area (Å²) in [6, 6.07) is 8.64. The predicted molar refractivity (Wildman–Crippen MR) is 82.4 cm³/mol. The molecule has 1 aliphatic rings. The fraction of sp³-hybridized carbons (Fsp3) is 0.588. The zero-order valence-electron chi connectivity index (χ0n) is 12.4. The van der Waals surface area contributed by atoms with Crippen LogP contribution in [0.15, 0.2) is 24.3 Å². The van der Waals surface area contributed by atoms with Gasteiger partial charge in [0.2, 0.25) is 5.91 Å². The summed E-state index contributed by atoms with van der Waals surface area (Å²) in [7, 11) is 0. The van der Waals surface area contributed by atoms with Crippen LogP contribution in [0, 0.1) is 12.8 Å². The van der Waals surface area contributed by atoms with Crippen LogP contribution >= 0.6 is 0 Å². The van der Waals surface area contributed by atoms with Crippen molar-refractivity contribution < 1.29 is 4.79 Å². The Morgan fingerprint density at radius 2 is 2.15 bits per heavy atom. The summed E-state index contributed by atoms with van der Waals surface area (Å²) in [5.74, 6) is 0.530. The van der Waals surface area contributed by atoms with Gasteiger partial charge in [0.1, 0.15) is 0 Å². The lowest BCUT2D eigenvalue weighted by Gasteiger charge is -2.27. The van der Waals surface area contributed by atoms with Gasteiger partial charge in [-0.05, 0) is 37.7 Å². The van der Waals surface area contributed by atoms with Crippen LogP contribution in [0.5, 0.6) is 0 Å². The number of benzene rings is 1. The summed E-state index contributed by atoms with van der Waals surface area (Å²) < 4.78 is 0. The van der Waals surface area contributed by atoms with Crippen LogP contribution in [0.2, 0.25) is 0 Å². The molecule has 0 aromatic heterocycles. The first-order valence-corrected chi connectivity index (χ1v) is 7.73. The second kappa shape index (κ2) is 7.44. The molecule has 110 valence electrons. The Morgan fingerprint density at radius 1 is 1.35 bits per heavy atom. The molecular weight excluding hydrogens is 248 g/mol. The molecule has 3 N–H and O–H groups in total. The van der Waals surface area contributed by atoms with Gasteiger partial charge in [-0.15, -0.1) is 0 Å². The molecule has 1 fully saturated rings. The Balaban J connectivity index is 1.70. The van der Waals surface area contributed by atoms with Crippen LogP contribution in [0.25, 0.3) is 0 Å². The van der Waals surface area contributed by atoms with E-state index in [0.29, 0.717) is 18.9 Å². The minimum atomic E-state index is 0.153. The maximum Gasteiger partial charge on any atom is 0.220 e. The molecule has 2 atom stereocenters. The first-order chi connectivity index (χ1) is 9.65. The Bertz CT molecular complexity index is 444. The van der Waals surface area contributed by atoms with Gasteiger partial charge >= 0.3 is 0 Å². The maximum absolute atomic E-state index is 11.9. The van der Waals surface area contributed by atoms with Crippen molar-refractivity contribution in [2.45, 2.75) is 51.5 Å². The summed E-state index contributed by atoms with van der Waals surface area (Å²) in [5, 5.41) is 3.02. The van der Waals surface area contributed by atoms with Gasteiger partial charge in [-0.1, -0.05) is 42.7 Å². The summed E-state index contributed by atoms with van der Waals surface area (Å²) in [5.41, 5.74) is 8.63. The average Bonchev–Trinajstić information content (AvgIpc) is 2.41. The average molecular weight is 274 g/mol. The van der Waals surface area contributed by atoms with Crippen LogP contribution in [0.3, 0.4) is 0 Å². The highest BCUT2D eigenvalue weighted by atomic mass is 16.1. The Morgan fingerprint density at radius 3 is 2.90 bits per heavy atom. The minimum absolute atomic E-state index is 0.153. The quantitative estimate of drug-likeness (QED) is 0.867. The second-order valence-electron chi connectivity index (χ2n) is 6.00. The van der Waals surface area contributed by atoms with Gasteiger partial charge in [0.25, 0.3) is 0 Å². The van der Waals surface area contributed by atoms with Crippen LogP contribution < -0.4 is 11.1 Å². The molecule has 1 aliphatic carbocycles. The van der Waals surface area contributed by atoms with E-state index in [1.165, 1.54) is 24.0 Å². The number of amides is 1. The predicted octanol–water partition coefficient (Wildman–Crippen LogP) is 2.56. The summed E-state index contributed by atoms with van der Waals surface area (Å²) in [6.45, 7) is 2.80. The number of hydrogen-bond acceptors (Lipinski definition) is 2. The molecule has 0 bridgehead atoms. The summed E-state index contributed by atoms with van der Waals surface area (Å²) in [6.07, 6.45) is 6.09. The van der Waals surface area contributed by atoms with E-state index < -0.39 is 0 Å². The van der Waals surface area contributed by atoms with Gasteiger partial charge in [-0.25, -0.2) is 0 Å². The molecule has 0 spiro atoms. The lowest BCUT2D eigenvalue weighted by molar-refractivity contribution is -0.122. The topological polar surface area (TPSA) is 55.1 Å². The molecule has 3 nitrogen and oxygen atoms in total. The maximum atomic E-state index is 11.9. The smallest absolute Gasteiger partial charge is 0.220 e. The van der Waals surface area contributed by atoms with Crippen LogP contribution in [0.1, 0.15) is 43.2 Å². The van der Waals surface area contributed by atoms with Gasteiger partial charge in [-0.2, -0.15) is 0 Å². The van der Waals surface area contributed by atoms with Gasteiger partial charge in [0, 0.05) is 19.0 Å². The third-order valence-corrected chi connectivity index (χ3v) is 4.23. The number of aryl methyl sites for hydroxylation is 1. The lowest BCUT2D eigenvalue weighted by atomic mass is 9.83. The first kappa shape index (κ1) is 15.0. The highest BCUT2D eigenvalue weighted by Crippen LogP contribution is 2.25. The Hall–Kier alpha value is -1.35. The number of hydrogen-bond donors (Lipinski definition) is 2. The molecule has 0 saturated heterocycles. The van der Waals surface area contributed by atoms with E-state index in [1.54, 1.807) is 0 Å². The molecule has 1 saturated carbocycles. The van der Waals surface area contributed by atoms with Crippen LogP contribution in [-0.4, -0.2) is 18.5 Å². The molecule has 1 amide bonds. The van der Waals surface area contributed by atoms with E-state index in [2.05, 4.69) is 36.5 Å². The van der Waals surface area contributed by atoms with Crippen molar-refractivity contribution in [3.63, 3.8) is 0 Å². The standard InChI is InChI=1S/C17H26N2O/c1-13-5-4-6-14(11-13)9-10-19-17(20)12-15-7-2-3-8-16(15)18/h4-6,11,15-16H,2-3,7-10,12,18H2,1H3,(H,19,20). The van der Waals surface area contributed by atoms with Crippen molar-refractivity contribution >= 4 is 5.91 Å². The molecule has 2 unspecified atom stereocenters. The highest BCUT2D eigenvalue weighted by molar-refractivity contribution is 5.76. The minimum Gasteiger partial charge on any atom is -0.356 e. The third-order valence-electron chi connectivity index (χ3n) is 4.23. The molecule has 3 heteroatoms. The molecule has 0 aliphatic heterocycles. The van der Waals surface area contributed by atoms with Gasteiger partial charge in [-0.3, -0.25) is 4.79 Å². The molecule has 0 radical (unpaired) electrons. The third kappa shape index (κ3) is 4.64. The zero-order valence-corrected chi connectivity index (χ0v) is 12.4. The fourth-order valence-electron chi connectivity index (χ4n) is 3.01. The lowest BCUT2D eigenvalue weighted by Crippen LogP contribution is -2.37. The first-order valence-electron chi connectivity index (χ1n) is 7.73. The van der Waals surface area contributed by atoms with Crippen molar-refractivity contribution in [2.24, 2.45) is 11.7 Å². The number of rotatable bonds is 5. The van der Waals surface area contributed by atoms with E-state index in [-0.39, 0.29) is 11.9 Å². The zero-order chi connectivity index (χ0) is 14.4. The van der Waals surface area contributed by atoms with E-state index in [0.717, 1.165) is 19.3 Å². The monoisotopic (exact) mass is 274 g/mol. The number of nitrogens with one attached hydrogen (secondary N) is 1. The van der Waals surface area contributed by atoms with Gasteiger partial charge in [0.05, 0.1) is 0 Å². The number of carbonyl (C=O) groups excluding carboxylic acids is 1. The molecule has 2 rings (SSSR count). The SMILES string of the molecule is Cc1cccc(CCNC(=O)CC2CCCCC2N)c1. The molecule has 0 heterocycles. The molecule has 1 aromatic carbocycles. The highest BCUT2D eigenvalue weighted by Gasteiger charge is 2.23. The van der Waals surface area contributed by atoms with Gasteiger partial charge in [0.15, 0.2) is 0 Å². The van der Waals surface area contributed by atoms with E-state index >= 15 is 0 Å². The van der Waals surface area contributed by atoms with E-state index in [1.807, 2.05) is 0 Å². The largest absolute Gasteiger partial charge is 0.356 e. The van der Waals surface area contributed by atoms with E-state index in [9.17, 15) is 4.79 Å². The van der Waals surface area contributed by atoms with Crippen molar-refractivity contribution in [1.82, 2.24) is 5.32 Å². The Kier molecular flexibility index (Phi) is 5.60. The van der Waals surface area contributed by atoms with Crippen LogP contribution in [-0.2, 0) is 11.2 Å². The molecular formula is C17H26N2O. The molecule has 20 heavy (non-hydrogen) atoms. The van der Waals surface area contributed by atoms with Crippen molar-refractivity contribution in [3.05, 3.63) is 35.4 Å².